The van der Waals surface area contributed by atoms with E-state index in [2.05, 4.69) is 25.7 Å². The molecule has 0 aliphatic carbocycles. The quantitative estimate of drug-likeness (QED) is 0.713. The largest absolute Gasteiger partial charge is 0.462 e. The molecule has 6 heteroatoms. The fraction of sp³-hybridized carbons (Fsp3) is 0.875. The summed E-state index contributed by atoms with van der Waals surface area (Å²) in [6, 6.07) is 0. The van der Waals surface area contributed by atoms with Gasteiger partial charge < -0.3 is 14.7 Å². The van der Waals surface area contributed by atoms with E-state index in [1.165, 1.54) is 0 Å². The number of amides is 1. The lowest BCUT2D eigenvalue weighted by Gasteiger charge is -2.35. The first-order valence-electron chi connectivity index (χ1n) is 7.66. The Kier molecular flexibility index (Phi) is 8.04. The lowest BCUT2D eigenvalue weighted by Crippen LogP contribution is -2.47. The van der Waals surface area contributed by atoms with E-state index in [9.17, 15) is 9.59 Å². The minimum absolute atomic E-state index is 0.0230. The first-order valence-corrected chi connectivity index (χ1v) is 7.66. The maximum atomic E-state index is 12.5. The number of carbonyl (C=O) groups excluding carboxylic acids is 2. The van der Waals surface area contributed by atoms with Crippen LogP contribution in [0.25, 0.3) is 0 Å². The van der Waals surface area contributed by atoms with Crippen LogP contribution in [-0.2, 0) is 14.3 Å². The van der Waals surface area contributed by atoms with Gasteiger partial charge in [-0.15, -0.1) is 0 Å². The number of hydrogen-bond acceptors (Lipinski definition) is 5. The molecular weight excluding hydrogens is 284 g/mol. The van der Waals surface area contributed by atoms with E-state index < -0.39 is 18.0 Å². The van der Waals surface area contributed by atoms with Crippen molar-refractivity contribution in [2.75, 3.05) is 39.9 Å². The second-order valence-electron chi connectivity index (χ2n) is 7.51. The molecular formula is C16H32N2O4. The second-order valence-corrected chi connectivity index (χ2v) is 7.51. The summed E-state index contributed by atoms with van der Waals surface area (Å²) in [5.41, 5.74) is -0.457. The molecule has 0 heterocycles. The van der Waals surface area contributed by atoms with Crippen molar-refractivity contribution in [2.24, 2.45) is 5.41 Å². The highest BCUT2D eigenvalue weighted by Crippen LogP contribution is 2.18. The van der Waals surface area contributed by atoms with E-state index in [-0.39, 0.29) is 18.1 Å². The Morgan fingerprint density at radius 2 is 1.55 bits per heavy atom. The van der Waals surface area contributed by atoms with E-state index >= 15 is 0 Å². The zero-order chi connectivity index (χ0) is 17.6. The number of likely N-dealkylation sites (N-methyl/N-ethyl adjacent to an activating group) is 1. The predicted molar refractivity (Wildman–Crippen MR) is 86.5 cm³/mol. The highest BCUT2D eigenvalue weighted by Gasteiger charge is 2.28. The van der Waals surface area contributed by atoms with Crippen LogP contribution in [0.1, 0.15) is 41.5 Å². The number of rotatable bonds is 7. The fourth-order valence-corrected chi connectivity index (χ4v) is 1.71. The zero-order valence-corrected chi connectivity index (χ0v) is 15.1. The molecule has 0 bridgehead atoms. The smallest absolute Gasteiger partial charge is 0.331 e. The molecule has 0 radical (unpaired) electrons. The molecule has 0 aliphatic heterocycles. The van der Waals surface area contributed by atoms with Gasteiger partial charge in [0.25, 0.3) is 0 Å². The molecule has 1 N–H and O–H groups in total. The topological polar surface area (TPSA) is 70.1 Å². The van der Waals surface area contributed by atoms with E-state index in [0.29, 0.717) is 13.1 Å². The van der Waals surface area contributed by atoms with E-state index in [4.69, 9.17) is 9.84 Å². The molecule has 0 unspecified atom stereocenters. The molecule has 0 rings (SSSR count). The Morgan fingerprint density at radius 3 is 1.95 bits per heavy atom. The third-order valence-electron chi connectivity index (χ3n) is 3.53. The Morgan fingerprint density at radius 1 is 1.00 bits per heavy atom. The molecule has 0 aromatic heterocycles. The van der Waals surface area contributed by atoms with Crippen molar-refractivity contribution in [3.8, 4) is 0 Å². The molecule has 0 saturated carbocycles. The molecule has 0 fully saturated rings. The highest BCUT2D eigenvalue weighted by molar-refractivity contribution is 5.81. The number of carbonyl (C=O) groups is 2. The van der Waals surface area contributed by atoms with Crippen LogP contribution < -0.4 is 0 Å². The van der Waals surface area contributed by atoms with Gasteiger partial charge in [0.1, 0.15) is 13.2 Å². The Labute approximate surface area is 134 Å². The molecule has 0 atom stereocenters. The van der Waals surface area contributed by atoms with Crippen LogP contribution in [-0.4, -0.2) is 72.2 Å². The third kappa shape index (κ3) is 7.75. The maximum Gasteiger partial charge on any atom is 0.331 e. The molecule has 0 saturated heterocycles. The molecule has 1 amide bonds. The zero-order valence-electron chi connectivity index (χ0n) is 15.1. The average Bonchev–Trinajstić information content (AvgIpc) is 2.38. The monoisotopic (exact) mass is 316 g/mol. The standard InChI is InChI=1S/C16H32N2O4/c1-15(2,3)14(21)18(10-11-22-13(20)12-19)9-8-17(7)16(4,5)6/h19H,8-12H2,1-7H3. The van der Waals surface area contributed by atoms with Gasteiger partial charge in [0, 0.05) is 24.0 Å². The first kappa shape index (κ1) is 20.9. The van der Waals surface area contributed by atoms with Gasteiger partial charge in [-0.25, -0.2) is 4.79 Å². The number of esters is 1. The molecule has 0 aliphatic rings. The van der Waals surface area contributed by atoms with Crippen molar-refractivity contribution in [2.45, 2.75) is 47.1 Å². The fourth-order valence-electron chi connectivity index (χ4n) is 1.71. The number of aliphatic hydroxyl groups excluding tert-OH is 1. The van der Waals surface area contributed by atoms with Gasteiger partial charge >= 0.3 is 5.97 Å². The van der Waals surface area contributed by atoms with Crippen LogP contribution in [0, 0.1) is 5.41 Å². The van der Waals surface area contributed by atoms with Crippen molar-refractivity contribution in [3.05, 3.63) is 0 Å². The van der Waals surface area contributed by atoms with Crippen molar-refractivity contribution < 1.29 is 19.4 Å². The average molecular weight is 316 g/mol. The van der Waals surface area contributed by atoms with Crippen LogP contribution in [0.3, 0.4) is 0 Å². The summed E-state index contributed by atoms with van der Waals surface area (Å²) in [5, 5.41) is 8.64. The van der Waals surface area contributed by atoms with Gasteiger partial charge in [-0.1, -0.05) is 20.8 Å². The minimum atomic E-state index is -0.671. The van der Waals surface area contributed by atoms with Crippen molar-refractivity contribution >= 4 is 11.9 Å². The minimum Gasteiger partial charge on any atom is -0.462 e. The summed E-state index contributed by atoms with van der Waals surface area (Å²) in [7, 11) is 2.02. The maximum absolute atomic E-state index is 12.5. The Balaban J connectivity index is 4.67. The SMILES string of the molecule is CN(CCN(CCOC(=O)CO)C(=O)C(C)(C)C)C(C)(C)C. The van der Waals surface area contributed by atoms with Crippen molar-refractivity contribution in [1.82, 2.24) is 9.80 Å². The predicted octanol–water partition coefficient (Wildman–Crippen LogP) is 1.13. The summed E-state index contributed by atoms with van der Waals surface area (Å²) in [6.45, 7) is 13.1. The summed E-state index contributed by atoms with van der Waals surface area (Å²) in [4.78, 5) is 27.4. The summed E-state index contributed by atoms with van der Waals surface area (Å²) < 4.78 is 4.86. The number of nitrogens with zero attached hydrogens (tertiary/aromatic N) is 2. The molecule has 0 aromatic rings. The van der Waals surface area contributed by atoms with Gasteiger partial charge in [-0.05, 0) is 27.8 Å². The third-order valence-corrected chi connectivity index (χ3v) is 3.53. The van der Waals surface area contributed by atoms with Gasteiger partial charge in [-0.2, -0.15) is 0 Å². The molecule has 6 nitrogen and oxygen atoms in total. The Bertz CT molecular complexity index is 369. The Hall–Kier alpha value is -1.14. The van der Waals surface area contributed by atoms with Crippen LogP contribution in [0.4, 0.5) is 0 Å². The lowest BCUT2D eigenvalue weighted by atomic mass is 9.94. The van der Waals surface area contributed by atoms with Gasteiger partial charge in [-0.3, -0.25) is 9.69 Å². The normalized spacial score (nSPS) is 12.4. The number of hydrogen-bond donors (Lipinski definition) is 1. The summed E-state index contributed by atoms with van der Waals surface area (Å²) >= 11 is 0. The van der Waals surface area contributed by atoms with Crippen LogP contribution >= 0.6 is 0 Å². The molecule has 130 valence electrons. The van der Waals surface area contributed by atoms with E-state index in [1.807, 2.05) is 27.8 Å². The summed E-state index contributed by atoms with van der Waals surface area (Å²) in [6.07, 6.45) is 0. The van der Waals surface area contributed by atoms with Gasteiger partial charge in [0.15, 0.2) is 0 Å². The van der Waals surface area contributed by atoms with Crippen LogP contribution in [0.5, 0.6) is 0 Å². The van der Waals surface area contributed by atoms with E-state index in [0.717, 1.165) is 6.54 Å². The lowest BCUT2D eigenvalue weighted by molar-refractivity contribution is -0.150. The second kappa shape index (κ2) is 8.48. The van der Waals surface area contributed by atoms with Gasteiger partial charge in [0.05, 0.1) is 6.54 Å². The molecule has 0 aromatic carbocycles. The molecule has 0 spiro atoms. The van der Waals surface area contributed by atoms with Gasteiger partial charge in [0.2, 0.25) is 5.91 Å². The van der Waals surface area contributed by atoms with Crippen LogP contribution in [0.15, 0.2) is 0 Å². The number of ether oxygens (including phenoxy) is 1. The van der Waals surface area contributed by atoms with Crippen molar-refractivity contribution in [1.29, 1.82) is 0 Å². The highest BCUT2D eigenvalue weighted by atomic mass is 16.5. The first-order chi connectivity index (χ1) is 9.89. The van der Waals surface area contributed by atoms with Crippen LogP contribution in [0.2, 0.25) is 0 Å². The number of aliphatic hydroxyl groups is 1. The van der Waals surface area contributed by atoms with E-state index in [1.54, 1.807) is 4.90 Å². The van der Waals surface area contributed by atoms with Crippen molar-refractivity contribution in [3.63, 3.8) is 0 Å². The molecule has 22 heavy (non-hydrogen) atoms. The summed E-state index contributed by atoms with van der Waals surface area (Å²) in [5.74, 6) is -0.648.